The normalized spacial score (nSPS) is 32.8. The van der Waals surface area contributed by atoms with Gasteiger partial charge >= 0.3 is 0 Å². The molecule has 0 amide bonds. The van der Waals surface area contributed by atoms with E-state index in [9.17, 15) is 8.78 Å². The molecule has 1 aliphatic carbocycles. The molecule has 0 aromatic carbocycles. The number of nitrogens with zero attached hydrogens (tertiary/aromatic N) is 1. The second-order valence-corrected chi connectivity index (χ2v) is 4.35. The second kappa shape index (κ2) is 4.88. The van der Waals surface area contributed by atoms with Gasteiger partial charge in [0.1, 0.15) is 12.0 Å². The van der Waals surface area contributed by atoms with Crippen molar-refractivity contribution in [2.24, 2.45) is 5.92 Å². The molecule has 0 aromatic rings. The summed E-state index contributed by atoms with van der Waals surface area (Å²) in [5.74, 6) is -0.885. The number of halogens is 2. The maximum absolute atomic E-state index is 13.5. The molecule has 1 saturated heterocycles. The van der Waals surface area contributed by atoms with Gasteiger partial charge in [-0.15, -0.1) is 0 Å². The standard InChI is InChI=1S/C12H17F2N/c13-11-5-4-6-12(14)10(11)9-15-7-2-1-3-8-15/h4-6,10-11H,1-3,7-9H2. The molecule has 0 spiro atoms. The Labute approximate surface area is 89.5 Å². The summed E-state index contributed by atoms with van der Waals surface area (Å²) in [6.07, 6.45) is 6.69. The van der Waals surface area contributed by atoms with Crippen LogP contribution < -0.4 is 0 Å². The summed E-state index contributed by atoms with van der Waals surface area (Å²) in [5, 5.41) is 0. The van der Waals surface area contributed by atoms with Gasteiger partial charge in [-0.25, -0.2) is 8.78 Å². The van der Waals surface area contributed by atoms with E-state index in [4.69, 9.17) is 0 Å². The van der Waals surface area contributed by atoms with E-state index in [1.807, 2.05) is 0 Å². The van der Waals surface area contributed by atoms with Crippen molar-refractivity contribution >= 4 is 0 Å². The summed E-state index contributed by atoms with van der Waals surface area (Å²) in [4.78, 5) is 2.17. The fraction of sp³-hybridized carbons (Fsp3) is 0.667. The van der Waals surface area contributed by atoms with Crippen molar-refractivity contribution in [2.45, 2.75) is 25.4 Å². The van der Waals surface area contributed by atoms with Gasteiger partial charge in [-0.1, -0.05) is 12.5 Å². The third-order valence-corrected chi connectivity index (χ3v) is 3.19. The first-order chi connectivity index (χ1) is 7.27. The molecule has 0 radical (unpaired) electrons. The topological polar surface area (TPSA) is 3.24 Å². The van der Waals surface area contributed by atoms with Crippen LogP contribution in [0.3, 0.4) is 0 Å². The number of rotatable bonds is 2. The SMILES string of the molecule is FC1=CC=CC(F)C1CN1CCCCC1. The lowest BCUT2D eigenvalue weighted by Gasteiger charge is -2.31. The molecule has 1 heterocycles. The Morgan fingerprint density at radius 1 is 1.27 bits per heavy atom. The molecule has 2 unspecified atom stereocenters. The molecule has 0 N–H and O–H groups in total. The quantitative estimate of drug-likeness (QED) is 0.681. The number of hydrogen-bond donors (Lipinski definition) is 0. The minimum atomic E-state index is -1.16. The monoisotopic (exact) mass is 213 g/mol. The molecule has 3 heteroatoms. The van der Waals surface area contributed by atoms with E-state index >= 15 is 0 Å². The van der Waals surface area contributed by atoms with Crippen LogP contribution in [0, 0.1) is 5.92 Å². The summed E-state index contributed by atoms with van der Waals surface area (Å²) in [6.45, 7) is 2.49. The molecule has 0 bridgehead atoms. The second-order valence-electron chi connectivity index (χ2n) is 4.35. The van der Waals surface area contributed by atoms with Gasteiger partial charge in [0.25, 0.3) is 0 Å². The number of likely N-dealkylation sites (tertiary alicyclic amines) is 1. The first-order valence-corrected chi connectivity index (χ1v) is 5.67. The molecule has 0 aromatic heterocycles. The summed E-state index contributed by atoms with van der Waals surface area (Å²) in [5.41, 5.74) is 0. The van der Waals surface area contributed by atoms with E-state index in [1.54, 1.807) is 0 Å². The highest BCUT2D eigenvalue weighted by atomic mass is 19.1. The maximum atomic E-state index is 13.5. The molecular weight excluding hydrogens is 196 g/mol. The Bertz CT molecular complexity index is 267. The first kappa shape index (κ1) is 10.8. The molecule has 2 atom stereocenters. The van der Waals surface area contributed by atoms with Gasteiger partial charge in [0.2, 0.25) is 0 Å². The molecular formula is C12H17F2N. The lowest BCUT2D eigenvalue weighted by Crippen LogP contribution is -2.37. The van der Waals surface area contributed by atoms with Crippen LogP contribution >= 0.6 is 0 Å². The lowest BCUT2D eigenvalue weighted by molar-refractivity contribution is 0.160. The third-order valence-electron chi connectivity index (χ3n) is 3.19. The van der Waals surface area contributed by atoms with Crippen molar-refractivity contribution in [2.75, 3.05) is 19.6 Å². The molecule has 84 valence electrons. The van der Waals surface area contributed by atoms with Crippen molar-refractivity contribution in [3.05, 3.63) is 24.1 Å². The van der Waals surface area contributed by atoms with Crippen molar-refractivity contribution in [3.63, 3.8) is 0 Å². The van der Waals surface area contributed by atoms with Crippen molar-refractivity contribution in [3.8, 4) is 0 Å². The average Bonchev–Trinajstić information content (AvgIpc) is 2.25. The molecule has 15 heavy (non-hydrogen) atoms. The van der Waals surface area contributed by atoms with Crippen LogP contribution in [0.5, 0.6) is 0 Å². The third kappa shape index (κ3) is 2.65. The molecule has 1 nitrogen and oxygen atoms in total. The highest BCUT2D eigenvalue weighted by Gasteiger charge is 2.28. The van der Waals surface area contributed by atoms with Gasteiger partial charge < -0.3 is 4.90 Å². The van der Waals surface area contributed by atoms with Gasteiger partial charge in [0.15, 0.2) is 0 Å². The predicted octanol–water partition coefficient (Wildman–Crippen LogP) is 2.85. The zero-order valence-electron chi connectivity index (χ0n) is 8.83. The van der Waals surface area contributed by atoms with Crippen LogP contribution in [-0.2, 0) is 0 Å². The largest absolute Gasteiger partial charge is 0.303 e. The van der Waals surface area contributed by atoms with E-state index < -0.39 is 12.1 Å². The number of allylic oxidation sites excluding steroid dienone is 3. The summed E-state index contributed by atoms with van der Waals surface area (Å²) < 4.78 is 26.9. The van der Waals surface area contributed by atoms with E-state index in [-0.39, 0.29) is 5.83 Å². The number of alkyl halides is 1. The summed E-state index contributed by atoms with van der Waals surface area (Å²) in [6, 6.07) is 0. The van der Waals surface area contributed by atoms with Gasteiger partial charge in [0, 0.05) is 6.54 Å². The fourth-order valence-electron chi connectivity index (χ4n) is 2.27. The van der Waals surface area contributed by atoms with Crippen LogP contribution in [0.1, 0.15) is 19.3 Å². The van der Waals surface area contributed by atoms with E-state index in [0.29, 0.717) is 6.54 Å². The number of piperidine rings is 1. The van der Waals surface area contributed by atoms with Crippen LogP contribution in [0.4, 0.5) is 8.78 Å². The van der Waals surface area contributed by atoms with Crippen molar-refractivity contribution in [1.82, 2.24) is 4.90 Å². The minimum absolute atomic E-state index is 0.310. The predicted molar refractivity (Wildman–Crippen MR) is 57.0 cm³/mol. The van der Waals surface area contributed by atoms with Crippen LogP contribution in [0.15, 0.2) is 24.1 Å². The molecule has 1 aliphatic heterocycles. The smallest absolute Gasteiger partial charge is 0.129 e. The molecule has 2 aliphatic rings. The fourth-order valence-corrected chi connectivity index (χ4v) is 2.27. The Kier molecular flexibility index (Phi) is 3.52. The maximum Gasteiger partial charge on any atom is 0.129 e. The highest BCUT2D eigenvalue weighted by Crippen LogP contribution is 2.26. The minimum Gasteiger partial charge on any atom is -0.303 e. The van der Waals surface area contributed by atoms with E-state index in [0.717, 1.165) is 25.9 Å². The van der Waals surface area contributed by atoms with Gasteiger partial charge in [-0.05, 0) is 38.1 Å². The zero-order chi connectivity index (χ0) is 10.7. The lowest BCUT2D eigenvalue weighted by atomic mass is 9.96. The van der Waals surface area contributed by atoms with E-state index in [2.05, 4.69) is 4.90 Å². The van der Waals surface area contributed by atoms with Gasteiger partial charge in [-0.3, -0.25) is 0 Å². The first-order valence-electron chi connectivity index (χ1n) is 5.67. The molecule has 2 rings (SSSR count). The van der Waals surface area contributed by atoms with Crippen LogP contribution in [-0.4, -0.2) is 30.7 Å². The van der Waals surface area contributed by atoms with Gasteiger partial charge in [0.05, 0.1) is 5.92 Å². The average molecular weight is 213 g/mol. The van der Waals surface area contributed by atoms with Gasteiger partial charge in [-0.2, -0.15) is 0 Å². The van der Waals surface area contributed by atoms with Crippen LogP contribution in [0.2, 0.25) is 0 Å². The molecule has 0 saturated carbocycles. The summed E-state index contributed by atoms with van der Waals surface area (Å²) >= 11 is 0. The van der Waals surface area contributed by atoms with Crippen molar-refractivity contribution in [1.29, 1.82) is 0 Å². The molecule has 1 fully saturated rings. The Morgan fingerprint density at radius 2 is 2.00 bits per heavy atom. The van der Waals surface area contributed by atoms with Crippen LogP contribution in [0.25, 0.3) is 0 Å². The Hall–Kier alpha value is -0.700. The van der Waals surface area contributed by atoms with Crippen molar-refractivity contribution < 1.29 is 8.78 Å². The Balaban J connectivity index is 1.92. The van der Waals surface area contributed by atoms with E-state index in [1.165, 1.54) is 24.6 Å². The highest BCUT2D eigenvalue weighted by molar-refractivity contribution is 5.20. The summed E-state index contributed by atoms with van der Waals surface area (Å²) in [7, 11) is 0. The Morgan fingerprint density at radius 3 is 2.67 bits per heavy atom. The zero-order valence-corrected chi connectivity index (χ0v) is 8.83. The number of hydrogen-bond acceptors (Lipinski definition) is 1.